The molecule has 204 valence electrons. The number of carbonyl (C=O) groups is 1. The van der Waals surface area contributed by atoms with E-state index in [4.69, 9.17) is 16.0 Å². The topological polar surface area (TPSA) is 109 Å². The Morgan fingerprint density at radius 3 is 2.54 bits per heavy atom. The maximum absolute atomic E-state index is 13.2. The van der Waals surface area contributed by atoms with Crippen molar-refractivity contribution in [1.29, 1.82) is 0 Å². The van der Waals surface area contributed by atoms with Gasteiger partial charge in [-0.1, -0.05) is 23.7 Å². The molecule has 1 fully saturated rings. The number of nitrogens with zero attached hydrogens (tertiary/aromatic N) is 6. The van der Waals surface area contributed by atoms with Gasteiger partial charge in [0.2, 0.25) is 5.89 Å². The predicted octanol–water partition coefficient (Wildman–Crippen LogP) is 6.00. The van der Waals surface area contributed by atoms with E-state index in [2.05, 4.69) is 30.5 Å². The Labute approximate surface area is 227 Å². The number of anilines is 1. The van der Waals surface area contributed by atoms with Gasteiger partial charge in [-0.2, -0.15) is 13.2 Å². The quantitative estimate of drug-likeness (QED) is 0.420. The number of hydrogen-bond acceptors (Lipinski definition) is 7. The van der Waals surface area contributed by atoms with Gasteiger partial charge >= 0.3 is 12.2 Å². The maximum atomic E-state index is 13.2. The molecule has 0 radical (unpaired) electrons. The number of urea groups is 1. The zero-order valence-electron chi connectivity index (χ0n) is 21.2. The van der Waals surface area contributed by atoms with Gasteiger partial charge in [-0.25, -0.2) is 14.8 Å². The largest absolute Gasteiger partial charge is 0.416 e. The first kappa shape index (κ1) is 26.8. The van der Waals surface area contributed by atoms with E-state index in [1.807, 2.05) is 0 Å². The highest BCUT2D eigenvalue weighted by Gasteiger charge is 2.41. The number of piperidine rings is 1. The van der Waals surface area contributed by atoms with E-state index in [0.717, 1.165) is 6.21 Å². The van der Waals surface area contributed by atoms with Crippen LogP contribution in [0.1, 0.15) is 48.3 Å². The molecule has 0 spiro atoms. The number of dihydropyridines is 1. The molecule has 2 aromatic heterocycles. The highest BCUT2D eigenvalue weighted by Crippen LogP contribution is 2.37. The van der Waals surface area contributed by atoms with Gasteiger partial charge in [-0.15, -0.1) is 10.2 Å². The first-order chi connectivity index (χ1) is 18.6. The normalized spacial score (nSPS) is 18.3. The first-order valence-corrected chi connectivity index (χ1v) is 12.8. The molecule has 0 bridgehead atoms. The molecule has 1 N–H and O–H groups in total. The second-order valence-corrected chi connectivity index (χ2v) is 9.86. The minimum absolute atomic E-state index is 0.00221. The predicted molar refractivity (Wildman–Crippen MR) is 140 cm³/mol. The Hall–Kier alpha value is -3.80. The summed E-state index contributed by atoms with van der Waals surface area (Å²) in [6.07, 6.45) is -1.02. The Balaban J connectivity index is 1.34. The maximum Gasteiger partial charge on any atom is 0.411 e. The SMILES string of the molecule is Cc1nc(C)c(-c2nnc(C3=CC=NC(C(F)(F)F)C3)o2)c(C2CCN(C(=O)Nc3ccccc3Cl)CC2)n1. The van der Waals surface area contributed by atoms with E-state index in [-0.39, 0.29) is 35.7 Å². The molecule has 0 aliphatic carbocycles. The molecule has 39 heavy (non-hydrogen) atoms. The van der Waals surface area contributed by atoms with E-state index < -0.39 is 12.2 Å². The van der Waals surface area contributed by atoms with Crippen molar-refractivity contribution in [3.8, 4) is 11.5 Å². The number of para-hydroxylation sites is 1. The van der Waals surface area contributed by atoms with E-state index in [9.17, 15) is 18.0 Å². The summed E-state index contributed by atoms with van der Waals surface area (Å²) in [4.78, 5) is 27.2. The summed E-state index contributed by atoms with van der Waals surface area (Å²) in [5, 5.41) is 11.5. The number of aryl methyl sites for hydroxylation is 2. The third kappa shape index (κ3) is 5.80. The summed E-state index contributed by atoms with van der Waals surface area (Å²) in [5.41, 5.74) is 2.71. The second kappa shape index (κ2) is 10.8. The third-order valence-electron chi connectivity index (χ3n) is 6.76. The molecular formula is C26H25ClF3N7O2. The van der Waals surface area contributed by atoms with Crippen LogP contribution in [-0.4, -0.2) is 62.6 Å². The highest BCUT2D eigenvalue weighted by atomic mass is 35.5. The van der Waals surface area contributed by atoms with Crippen LogP contribution in [0.25, 0.3) is 17.0 Å². The van der Waals surface area contributed by atoms with Crippen LogP contribution in [0.3, 0.4) is 0 Å². The first-order valence-electron chi connectivity index (χ1n) is 12.4. The lowest BCUT2D eigenvalue weighted by Crippen LogP contribution is -2.40. The van der Waals surface area contributed by atoms with Gasteiger partial charge in [0.05, 0.1) is 27.7 Å². The zero-order chi connectivity index (χ0) is 27.7. The second-order valence-electron chi connectivity index (χ2n) is 9.45. The van der Waals surface area contributed by atoms with Gasteiger partial charge < -0.3 is 14.6 Å². The van der Waals surface area contributed by atoms with Crippen LogP contribution >= 0.6 is 11.6 Å². The van der Waals surface area contributed by atoms with Crippen molar-refractivity contribution in [2.75, 3.05) is 18.4 Å². The molecule has 1 unspecified atom stereocenters. The monoisotopic (exact) mass is 559 g/mol. The van der Waals surface area contributed by atoms with E-state index in [0.29, 0.717) is 59.4 Å². The van der Waals surface area contributed by atoms with Crippen LogP contribution in [0, 0.1) is 13.8 Å². The number of carbonyl (C=O) groups excluding carboxylic acids is 1. The van der Waals surface area contributed by atoms with Crippen molar-refractivity contribution in [3.05, 3.63) is 58.5 Å². The van der Waals surface area contributed by atoms with Gasteiger partial charge in [-0.3, -0.25) is 4.99 Å². The molecule has 0 saturated carbocycles. The summed E-state index contributed by atoms with van der Waals surface area (Å²) >= 11 is 6.17. The van der Waals surface area contributed by atoms with Gasteiger partial charge in [0.25, 0.3) is 5.89 Å². The number of benzene rings is 1. The Bertz CT molecular complexity index is 1450. The highest BCUT2D eigenvalue weighted by molar-refractivity contribution is 6.33. The van der Waals surface area contributed by atoms with E-state index >= 15 is 0 Å². The van der Waals surface area contributed by atoms with Gasteiger partial charge in [0, 0.05) is 37.2 Å². The van der Waals surface area contributed by atoms with Crippen LogP contribution < -0.4 is 5.32 Å². The van der Waals surface area contributed by atoms with Crippen molar-refractivity contribution >= 4 is 35.1 Å². The van der Waals surface area contributed by atoms with E-state index in [1.165, 1.54) is 6.08 Å². The molecule has 2 amide bonds. The van der Waals surface area contributed by atoms with Gasteiger partial charge in [0.1, 0.15) is 11.9 Å². The summed E-state index contributed by atoms with van der Waals surface area (Å²) < 4.78 is 45.5. The number of nitrogens with one attached hydrogen (secondary N) is 1. The van der Waals surface area contributed by atoms with E-state index in [1.54, 1.807) is 43.0 Å². The summed E-state index contributed by atoms with van der Waals surface area (Å²) in [7, 11) is 0. The average Bonchev–Trinajstić information content (AvgIpc) is 3.39. The van der Waals surface area contributed by atoms with Crippen molar-refractivity contribution in [3.63, 3.8) is 0 Å². The summed E-state index contributed by atoms with van der Waals surface area (Å²) in [5.74, 6) is 0.700. The fourth-order valence-electron chi connectivity index (χ4n) is 4.79. The number of allylic oxidation sites excluding steroid dienone is 1. The number of alkyl halides is 3. The lowest BCUT2D eigenvalue weighted by molar-refractivity contribution is -0.145. The molecule has 5 rings (SSSR count). The number of aromatic nitrogens is 4. The van der Waals surface area contributed by atoms with Crippen molar-refractivity contribution in [2.45, 2.75) is 51.2 Å². The van der Waals surface area contributed by atoms with Crippen molar-refractivity contribution in [1.82, 2.24) is 25.1 Å². The smallest absolute Gasteiger partial charge is 0.411 e. The molecule has 9 nitrogen and oxygen atoms in total. The van der Waals surface area contributed by atoms with Crippen LogP contribution in [0.4, 0.5) is 23.7 Å². The molecule has 2 aliphatic heterocycles. The molecule has 1 atom stereocenters. The molecule has 2 aliphatic rings. The number of halogens is 4. The fourth-order valence-corrected chi connectivity index (χ4v) is 4.97. The van der Waals surface area contributed by atoms with Crippen LogP contribution in [0.15, 0.2) is 39.8 Å². The van der Waals surface area contributed by atoms with Crippen molar-refractivity contribution in [2.24, 2.45) is 4.99 Å². The third-order valence-corrected chi connectivity index (χ3v) is 7.09. The zero-order valence-corrected chi connectivity index (χ0v) is 21.9. The number of likely N-dealkylation sites (tertiary alicyclic amines) is 1. The lowest BCUT2D eigenvalue weighted by atomic mass is 9.90. The molecule has 13 heteroatoms. The number of aliphatic imine (C=N–C) groups is 1. The summed E-state index contributed by atoms with van der Waals surface area (Å²) in [6, 6.07) is 4.95. The molecule has 1 aromatic carbocycles. The molecular weight excluding hydrogens is 535 g/mol. The van der Waals surface area contributed by atoms with Gasteiger partial charge in [-0.05, 0) is 44.9 Å². The standard InChI is InChI=1S/C26H25ClF3N7O2/c1-14-21(24-36-35-23(39-24)17-7-10-31-20(13-17)26(28,29)30)22(33-15(2)32-14)16-8-11-37(12-9-16)25(38)34-19-6-4-3-5-18(19)27/h3-7,10,16,20H,8-9,11-13H2,1-2H3,(H,34,38). The number of amides is 2. The number of hydrogen-bond donors (Lipinski definition) is 1. The molecule has 4 heterocycles. The molecule has 1 saturated heterocycles. The van der Waals surface area contributed by atoms with Crippen LogP contribution in [0.5, 0.6) is 0 Å². The average molecular weight is 560 g/mol. The minimum Gasteiger partial charge on any atom is -0.416 e. The summed E-state index contributed by atoms with van der Waals surface area (Å²) in [6.45, 7) is 4.57. The van der Waals surface area contributed by atoms with Crippen molar-refractivity contribution < 1.29 is 22.4 Å². The fraction of sp³-hybridized carbons (Fsp3) is 0.385. The van der Waals surface area contributed by atoms with Crippen LogP contribution in [0.2, 0.25) is 5.02 Å². The Morgan fingerprint density at radius 2 is 1.82 bits per heavy atom. The Kier molecular flexibility index (Phi) is 7.39. The minimum atomic E-state index is -4.47. The Morgan fingerprint density at radius 1 is 1.10 bits per heavy atom. The lowest BCUT2D eigenvalue weighted by Gasteiger charge is -2.32. The number of rotatable bonds is 4. The van der Waals surface area contributed by atoms with Gasteiger partial charge in [0.15, 0.2) is 0 Å². The molecule has 3 aromatic rings. The van der Waals surface area contributed by atoms with Crippen LogP contribution in [-0.2, 0) is 0 Å².